The van der Waals surface area contributed by atoms with Crippen molar-refractivity contribution >= 4 is 5.91 Å². The second kappa shape index (κ2) is 7.78. The van der Waals surface area contributed by atoms with Crippen LogP contribution in [0.4, 0.5) is 13.2 Å². The van der Waals surface area contributed by atoms with Crippen LogP contribution < -0.4 is 15.4 Å². The Kier molecular flexibility index (Phi) is 5.46. The highest BCUT2D eigenvalue weighted by Gasteiger charge is 2.32. The third kappa shape index (κ3) is 5.23. The first-order valence-electron chi connectivity index (χ1n) is 8.35. The lowest BCUT2D eigenvalue weighted by Crippen LogP contribution is -2.38. The maximum atomic E-state index is 12.6. The van der Waals surface area contributed by atoms with Gasteiger partial charge < -0.3 is 10.1 Å². The molecule has 0 saturated heterocycles. The van der Waals surface area contributed by atoms with Gasteiger partial charge in [0.05, 0.1) is 0 Å². The summed E-state index contributed by atoms with van der Waals surface area (Å²) in [7, 11) is 0. The van der Waals surface area contributed by atoms with Gasteiger partial charge in [0.15, 0.2) is 0 Å². The van der Waals surface area contributed by atoms with Crippen molar-refractivity contribution in [3.8, 4) is 5.75 Å². The maximum absolute atomic E-state index is 12.6. The quantitative estimate of drug-likeness (QED) is 0.788. The number of hydrogen-bond donors (Lipinski definition) is 2. The molecule has 2 aromatic carbocycles. The van der Waals surface area contributed by atoms with Crippen LogP contribution in [0.1, 0.15) is 30.0 Å². The third-order valence-corrected chi connectivity index (χ3v) is 4.01. The molecule has 1 atom stereocenters. The summed E-state index contributed by atoms with van der Waals surface area (Å²) >= 11 is 0. The van der Waals surface area contributed by atoms with E-state index in [0.29, 0.717) is 5.56 Å². The SMILES string of the molecule is O=C(NC1CC1)C(NCc1ccccc1OC(F)(F)F)c1ccccc1. The van der Waals surface area contributed by atoms with Crippen molar-refractivity contribution in [2.24, 2.45) is 0 Å². The van der Waals surface area contributed by atoms with E-state index in [4.69, 9.17) is 0 Å². The fraction of sp³-hybridized carbons (Fsp3) is 0.316. The van der Waals surface area contributed by atoms with E-state index < -0.39 is 12.4 Å². The molecule has 1 aliphatic carbocycles. The monoisotopic (exact) mass is 364 g/mol. The summed E-state index contributed by atoms with van der Waals surface area (Å²) in [4.78, 5) is 12.5. The van der Waals surface area contributed by atoms with Gasteiger partial charge in [-0.15, -0.1) is 13.2 Å². The number of benzene rings is 2. The Morgan fingerprint density at radius 1 is 1.08 bits per heavy atom. The summed E-state index contributed by atoms with van der Waals surface area (Å²) in [5, 5.41) is 5.98. The molecule has 1 saturated carbocycles. The number of carbonyl (C=O) groups is 1. The van der Waals surface area contributed by atoms with Crippen LogP contribution in [0.3, 0.4) is 0 Å². The van der Waals surface area contributed by atoms with Crippen molar-refractivity contribution in [2.75, 3.05) is 0 Å². The fourth-order valence-electron chi connectivity index (χ4n) is 2.61. The first-order valence-corrected chi connectivity index (χ1v) is 8.35. The number of carbonyl (C=O) groups excluding carboxylic acids is 1. The summed E-state index contributed by atoms with van der Waals surface area (Å²) in [5.41, 5.74) is 1.07. The predicted octanol–water partition coefficient (Wildman–Crippen LogP) is 3.69. The lowest BCUT2D eigenvalue weighted by atomic mass is 10.1. The van der Waals surface area contributed by atoms with E-state index in [1.165, 1.54) is 18.2 Å². The Hall–Kier alpha value is -2.54. The maximum Gasteiger partial charge on any atom is 0.573 e. The molecule has 138 valence electrons. The smallest absolute Gasteiger partial charge is 0.405 e. The topological polar surface area (TPSA) is 50.4 Å². The van der Waals surface area contributed by atoms with Crippen molar-refractivity contribution in [2.45, 2.75) is 37.8 Å². The normalized spacial score (nSPS) is 15.3. The first-order chi connectivity index (χ1) is 12.4. The Morgan fingerprint density at radius 3 is 2.38 bits per heavy atom. The Morgan fingerprint density at radius 2 is 1.73 bits per heavy atom. The number of ether oxygens (including phenoxy) is 1. The lowest BCUT2D eigenvalue weighted by Gasteiger charge is -2.20. The van der Waals surface area contributed by atoms with Crippen molar-refractivity contribution in [1.82, 2.24) is 10.6 Å². The molecule has 2 aromatic rings. The minimum Gasteiger partial charge on any atom is -0.405 e. The number of rotatable bonds is 7. The molecule has 7 heteroatoms. The average molecular weight is 364 g/mol. The van der Waals surface area contributed by atoms with Crippen molar-refractivity contribution in [3.05, 3.63) is 65.7 Å². The molecule has 0 aliphatic heterocycles. The van der Waals surface area contributed by atoms with E-state index in [2.05, 4.69) is 15.4 Å². The highest BCUT2D eigenvalue weighted by Crippen LogP contribution is 2.27. The molecule has 26 heavy (non-hydrogen) atoms. The standard InChI is InChI=1S/C19H19F3N2O2/c20-19(21,22)26-16-9-5-4-8-14(16)12-23-17(13-6-2-1-3-7-13)18(25)24-15-10-11-15/h1-9,15,17,23H,10-12H2,(H,24,25). The Balaban J connectivity index is 1.74. The molecule has 0 heterocycles. The van der Waals surface area contributed by atoms with Gasteiger partial charge in [0, 0.05) is 18.2 Å². The summed E-state index contributed by atoms with van der Waals surface area (Å²) in [5.74, 6) is -0.463. The van der Waals surface area contributed by atoms with Gasteiger partial charge in [0.2, 0.25) is 5.91 Å². The van der Waals surface area contributed by atoms with Crippen LogP contribution in [-0.2, 0) is 11.3 Å². The zero-order chi connectivity index (χ0) is 18.6. The first kappa shape index (κ1) is 18.3. The van der Waals surface area contributed by atoms with Gasteiger partial charge in [0.25, 0.3) is 0 Å². The molecular formula is C19H19F3N2O2. The van der Waals surface area contributed by atoms with Gasteiger partial charge in [-0.25, -0.2) is 0 Å². The average Bonchev–Trinajstić information content (AvgIpc) is 3.40. The number of nitrogens with one attached hydrogen (secondary N) is 2. The predicted molar refractivity (Wildman–Crippen MR) is 90.3 cm³/mol. The minimum atomic E-state index is -4.77. The van der Waals surface area contributed by atoms with Gasteiger partial charge in [0.1, 0.15) is 11.8 Å². The van der Waals surface area contributed by atoms with E-state index in [1.807, 2.05) is 30.3 Å². The van der Waals surface area contributed by atoms with Gasteiger partial charge in [-0.3, -0.25) is 10.1 Å². The van der Waals surface area contributed by atoms with Gasteiger partial charge >= 0.3 is 6.36 Å². The van der Waals surface area contributed by atoms with E-state index in [-0.39, 0.29) is 24.2 Å². The Bertz CT molecular complexity index is 746. The van der Waals surface area contributed by atoms with Crippen LogP contribution in [0.15, 0.2) is 54.6 Å². The van der Waals surface area contributed by atoms with Gasteiger partial charge in [-0.1, -0.05) is 48.5 Å². The number of para-hydroxylation sites is 1. The summed E-state index contributed by atoms with van der Waals surface area (Å²) in [6.45, 7) is 0.0594. The zero-order valence-electron chi connectivity index (χ0n) is 13.9. The molecule has 1 unspecified atom stereocenters. The number of alkyl halides is 3. The molecular weight excluding hydrogens is 345 g/mol. The van der Waals surface area contributed by atoms with Crippen LogP contribution in [0.5, 0.6) is 5.75 Å². The van der Waals surface area contributed by atoms with Crippen molar-refractivity contribution < 1.29 is 22.7 Å². The number of halogens is 3. The lowest BCUT2D eigenvalue weighted by molar-refractivity contribution is -0.274. The highest BCUT2D eigenvalue weighted by molar-refractivity contribution is 5.83. The summed E-state index contributed by atoms with van der Waals surface area (Å²) < 4.78 is 41.7. The van der Waals surface area contributed by atoms with Crippen molar-refractivity contribution in [1.29, 1.82) is 0 Å². The number of hydrogen-bond acceptors (Lipinski definition) is 3. The summed E-state index contributed by atoms with van der Waals surface area (Å²) in [6, 6.07) is 14.5. The van der Waals surface area contributed by atoms with Crippen LogP contribution in [0.25, 0.3) is 0 Å². The minimum absolute atomic E-state index is 0.0594. The van der Waals surface area contributed by atoms with E-state index >= 15 is 0 Å². The molecule has 4 nitrogen and oxygen atoms in total. The van der Waals surface area contributed by atoms with E-state index in [0.717, 1.165) is 18.4 Å². The second-order valence-electron chi connectivity index (χ2n) is 6.16. The molecule has 0 radical (unpaired) electrons. The molecule has 0 spiro atoms. The highest BCUT2D eigenvalue weighted by atomic mass is 19.4. The number of amides is 1. The largest absolute Gasteiger partial charge is 0.573 e. The van der Waals surface area contributed by atoms with Crippen LogP contribution in [0.2, 0.25) is 0 Å². The second-order valence-corrected chi connectivity index (χ2v) is 6.16. The fourth-order valence-corrected chi connectivity index (χ4v) is 2.61. The van der Waals surface area contributed by atoms with Crippen LogP contribution >= 0.6 is 0 Å². The van der Waals surface area contributed by atoms with Crippen LogP contribution in [0, 0.1) is 0 Å². The third-order valence-electron chi connectivity index (χ3n) is 4.01. The van der Waals surface area contributed by atoms with Gasteiger partial charge in [-0.05, 0) is 24.5 Å². The van der Waals surface area contributed by atoms with E-state index in [9.17, 15) is 18.0 Å². The van der Waals surface area contributed by atoms with Crippen LogP contribution in [-0.4, -0.2) is 18.3 Å². The van der Waals surface area contributed by atoms with Gasteiger partial charge in [-0.2, -0.15) is 0 Å². The zero-order valence-corrected chi connectivity index (χ0v) is 13.9. The summed E-state index contributed by atoms with van der Waals surface area (Å²) in [6.07, 6.45) is -2.86. The van der Waals surface area contributed by atoms with Crippen molar-refractivity contribution in [3.63, 3.8) is 0 Å². The van der Waals surface area contributed by atoms with E-state index in [1.54, 1.807) is 6.07 Å². The molecule has 0 bridgehead atoms. The molecule has 1 aliphatic rings. The molecule has 1 fully saturated rings. The molecule has 3 rings (SSSR count). The Labute approximate surface area is 149 Å². The molecule has 2 N–H and O–H groups in total. The molecule has 0 aromatic heterocycles. The molecule has 1 amide bonds.